The molecule has 0 spiro atoms. The molecule has 0 fully saturated rings. The van der Waals surface area contributed by atoms with Crippen LogP contribution in [0, 0.1) is 0 Å². The van der Waals surface area contributed by atoms with Crippen LogP contribution >= 0.6 is 0 Å². The zero-order valence-electron chi connectivity index (χ0n) is 6.53. The maximum Gasteiger partial charge on any atom is 0.0525 e. The van der Waals surface area contributed by atoms with Crippen LogP contribution in [0.1, 0.15) is 12.0 Å². The van der Waals surface area contributed by atoms with E-state index in [-0.39, 0.29) is 0 Å². The van der Waals surface area contributed by atoms with Gasteiger partial charge in [0.2, 0.25) is 0 Å². The molecular formula is C8H13N3. The fraction of sp³-hybridized carbons (Fsp3) is 0.375. The first-order valence-corrected chi connectivity index (χ1v) is 3.72. The van der Waals surface area contributed by atoms with Crippen LogP contribution in [0.4, 0.5) is 0 Å². The van der Waals surface area contributed by atoms with Gasteiger partial charge in [-0.05, 0) is 24.9 Å². The second-order valence-electron chi connectivity index (χ2n) is 2.40. The number of aromatic nitrogens is 2. The van der Waals surface area contributed by atoms with Crippen molar-refractivity contribution in [3.05, 3.63) is 24.5 Å². The van der Waals surface area contributed by atoms with Crippen LogP contribution in [0.3, 0.4) is 0 Å². The monoisotopic (exact) mass is 151 g/mol. The van der Waals surface area contributed by atoms with Crippen molar-refractivity contribution in [2.75, 3.05) is 6.54 Å². The molecule has 1 rings (SSSR count). The summed E-state index contributed by atoms with van der Waals surface area (Å²) in [6.07, 6.45) is 7.50. The topological polar surface area (TPSA) is 43.8 Å². The van der Waals surface area contributed by atoms with Gasteiger partial charge in [0.05, 0.1) is 6.20 Å². The van der Waals surface area contributed by atoms with Crippen LogP contribution in [0.15, 0.2) is 19.0 Å². The van der Waals surface area contributed by atoms with Crippen LogP contribution in [-0.2, 0) is 6.42 Å². The highest BCUT2D eigenvalue weighted by Crippen LogP contribution is 2.00. The van der Waals surface area contributed by atoms with E-state index in [1.165, 1.54) is 5.56 Å². The number of rotatable bonds is 4. The Morgan fingerprint density at radius 2 is 2.55 bits per heavy atom. The summed E-state index contributed by atoms with van der Waals surface area (Å²) in [6, 6.07) is 0. The smallest absolute Gasteiger partial charge is 0.0525 e. The third-order valence-corrected chi connectivity index (χ3v) is 1.51. The Kier molecular flexibility index (Phi) is 2.86. The van der Waals surface area contributed by atoms with Gasteiger partial charge in [0.1, 0.15) is 0 Å². The summed E-state index contributed by atoms with van der Waals surface area (Å²) in [5.74, 6) is 0. The predicted molar refractivity (Wildman–Crippen MR) is 46.0 cm³/mol. The van der Waals surface area contributed by atoms with Gasteiger partial charge in [0.15, 0.2) is 0 Å². The molecular weight excluding hydrogens is 138 g/mol. The van der Waals surface area contributed by atoms with E-state index >= 15 is 0 Å². The third kappa shape index (κ3) is 2.20. The van der Waals surface area contributed by atoms with Crippen molar-refractivity contribution in [2.45, 2.75) is 12.8 Å². The first kappa shape index (κ1) is 8.01. The summed E-state index contributed by atoms with van der Waals surface area (Å²) in [5.41, 5.74) is 6.59. The van der Waals surface area contributed by atoms with Gasteiger partial charge < -0.3 is 5.73 Å². The molecule has 0 aliphatic carbocycles. The van der Waals surface area contributed by atoms with Crippen molar-refractivity contribution in [1.82, 2.24) is 9.78 Å². The molecule has 60 valence electrons. The lowest BCUT2D eigenvalue weighted by Crippen LogP contribution is -1.99. The van der Waals surface area contributed by atoms with Gasteiger partial charge in [-0.25, -0.2) is 4.68 Å². The van der Waals surface area contributed by atoms with E-state index in [9.17, 15) is 0 Å². The summed E-state index contributed by atoms with van der Waals surface area (Å²) in [4.78, 5) is 0. The van der Waals surface area contributed by atoms with Gasteiger partial charge in [0.25, 0.3) is 0 Å². The van der Waals surface area contributed by atoms with Crippen molar-refractivity contribution in [2.24, 2.45) is 5.73 Å². The average Bonchev–Trinajstić information content (AvgIpc) is 2.48. The fourth-order valence-electron chi connectivity index (χ4n) is 0.913. The molecule has 0 aliphatic heterocycles. The maximum absolute atomic E-state index is 5.37. The highest BCUT2D eigenvalue weighted by molar-refractivity contribution is 5.17. The molecule has 0 amide bonds. The van der Waals surface area contributed by atoms with Crippen LogP contribution < -0.4 is 5.73 Å². The number of hydrogen-bond donors (Lipinski definition) is 1. The summed E-state index contributed by atoms with van der Waals surface area (Å²) in [7, 11) is 0. The minimum absolute atomic E-state index is 0.735. The summed E-state index contributed by atoms with van der Waals surface area (Å²) in [6.45, 7) is 4.34. The molecule has 1 aromatic heterocycles. The van der Waals surface area contributed by atoms with Crippen LogP contribution in [-0.4, -0.2) is 16.3 Å². The normalized spacial score (nSPS) is 9.91. The molecule has 0 aliphatic rings. The lowest BCUT2D eigenvalue weighted by Gasteiger charge is -1.91. The van der Waals surface area contributed by atoms with Gasteiger partial charge in [-0.3, -0.25) is 0 Å². The van der Waals surface area contributed by atoms with Gasteiger partial charge in [-0.1, -0.05) is 6.58 Å². The first-order valence-electron chi connectivity index (χ1n) is 3.72. The number of nitrogens with two attached hydrogens (primary N) is 1. The van der Waals surface area contributed by atoms with Gasteiger partial charge in [0, 0.05) is 12.4 Å². The highest BCUT2D eigenvalue weighted by atomic mass is 15.2. The molecule has 3 nitrogen and oxygen atoms in total. The van der Waals surface area contributed by atoms with Crippen molar-refractivity contribution in [3.8, 4) is 0 Å². The molecule has 0 unspecified atom stereocenters. The number of aryl methyl sites for hydroxylation is 1. The maximum atomic E-state index is 5.37. The van der Waals surface area contributed by atoms with E-state index in [1.807, 2.05) is 12.4 Å². The van der Waals surface area contributed by atoms with E-state index in [0.29, 0.717) is 0 Å². The largest absolute Gasteiger partial charge is 0.330 e. The van der Waals surface area contributed by atoms with E-state index < -0.39 is 0 Å². The van der Waals surface area contributed by atoms with Crippen molar-refractivity contribution < 1.29 is 0 Å². The van der Waals surface area contributed by atoms with Gasteiger partial charge in [-0.2, -0.15) is 5.10 Å². The molecule has 1 heterocycles. The predicted octanol–water partition coefficient (Wildman–Crippen LogP) is 0.875. The molecule has 1 aromatic rings. The standard InChI is InChI=1S/C8H13N3/c1-2-11-7-8(6-10-11)4-3-5-9/h2,6-7H,1,3-5,9H2. The van der Waals surface area contributed by atoms with Crippen molar-refractivity contribution >= 4 is 6.20 Å². The molecule has 0 aromatic carbocycles. The lowest BCUT2D eigenvalue weighted by atomic mass is 10.2. The Morgan fingerprint density at radius 3 is 3.09 bits per heavy atom. The number of hydrogen-bond acceptors (Lipinski definition) is 2. The van der Waals surface area contributed by atoms with E-state index in [0.717, 1.165) is 19.4 Å². The van der Waals surface area contributed by atoms with Crippen LogP contribution in [0.2, 0.25) is 0 Å². The van der Waals surface area contributed by atoms with E-state index in [1.54, 1.807) is 10.9 Å². The number of nitrogens with zero attached hydrogens (tertiary/aromatic N) is 2. The summed E-state index contributed by atoms with van der Waals surface area (Å²) < 4.78 is 1.70. The van der Waals surface area contributed by atoms with Gasteiger partial charge in [-0.15, -0.1) is 0 Å². The molecule has 11 heavy (non-hydrogen) atoms. The zero-order chi connectivity index (χ0) is 8.10. The van der Waals surface area contributed by atoms with Crippen LogP contribution in [0.25, 0.3) is 6.20 Å². The molecule has 0 radical (unpaired) electrons. The fourth-order valence-corrected chi connectivity index (χ4v) is 0.913. The highest BCUT2D eigenvalue weighted by Gasteiger charge is 1.94. The minimum Gasteiger partial charge on any atom is -0.330 e. The molecule has 0 bridgehead atoms. The quantitative estimate of drug-likeness (QED) is 0.694. The summed E-state index contributed by atoms with van der Waals surface area (Å²) in [5, 5.41) is 4.05. The van der Waals surface area contributed by atoms with Crippen molar-refractivity contribution in [3.63, 3.8) is 0 Å². The molecule has 0 atom stereocenters. The molecule has 3 heteroatoms. The average molecular weight is 151 g/mol. The Hall–Kier alpha value is -1.09. The third-order valence-electron chi connectivity index (χ3n) is 1.51. The van der Waals surface area contributed by atoms with E-state index in [4.69, 9.17) is 5.73 Å². The zero-order valence-corrected chi connectivity index (χ0v) is 6.53. The van der Waals surface area contributed by atoms with Gasteiger partial charge >= 0.3 is 0 Å². The lowest BCUT2D eigenvalue weighted by molar-refractivity contribution is 0.832. The Balaban J connectivity index is 2.51. The Morgan fingerprint density at radius 1 is 1.73 bits per heavy atom. The SMILES string of the molecule is C=Cn1cc(CCCN)cn1. The molecule has 0 saturated heterocycles. The minimum atomic E-state index is 0.735. The Bertz CT molecular complexity index is 227. The van der Waals surface area contributed by atoms with Crippen LogP contribution in [0.5, 0.6) is 0 Å². The van der Waals surface area contributed by atoms with E-state index in [2.05, 4.69) is 11.7 Å². The Labute approximate surface area is 66.5 Å². The second kappa shape index (κ2) is 3.93. The first-order chi connectivity index (χ1) is 5.36. The molecule has 2 N–H and O–H groups in total. The molecule has 0 saturated carbocycles. The van der Waals surface area contributed by atoms with Crippen molar-refractivity contribution in [1.29, 1.82) is 0 Å². The summed E-state index contributed by atoms with van der Waals surface area (Å²) >= 11 is 0. The second-order valence-corrected chi connectivity index (χ2v) is 2.40.